The molecule has 4 aromatic carbocycles. The van der Waals surface area contributed by atoms with Crippen LogP contribution in [0.5, 0.6) is 0 Å². The van der Waals surface area contributed by atoms with Crippen LogP contribution in [0.25, 0.3) is 11.1 Å². The Morgan fingerprint density at radius 2 is 1.03 bits per heavy atom. The van der Waals surface area contributed by atoms with Crippen LogP contribution in [0.3, 0.4) is 0 Å². The summed E-state index contributed by atoms with van der Waals surface area (Å²) in [5, 5.41) is 0. The normalized spacial score (nSPS) is 13.6. The average Bonchev–Trinajstić information content (AvgIpc) is 3.09. The number of anilines is 4. The SMILES string of the molecule is Cc1cc(C)c2c(c1)N(C)c1cc(C)cc(C)c1N2B1c2ccccc2-c2ccccc21. The van der Waals surface area contributed by atoms with Gasteiger partial charge in [0.05, 0.1) is 22.7 Å². The van der Waals surface area contributed by atoms with Gasteiger partial charge < -0.3 is 9.71 Å². The van der Waals surface area contributed by atoms with Gasteiger partial charge in [0.2, 0.25) is 0 Å². The van der Waals surface area contributed by atoms with E-state index in [2.05, 4.69) is 117 Å². The van der Waals surface area contributed by atoms with Crippen molar-refractivity contribution in [3.05, 3.63) is 95.1 Å². The summed E-state index contributed by atoms with van der Waals surface area (Å²) in [6.07, 6.45) is 0. The monoisotopic (exact) mass is 414 g/mol. The summed E-state index contributed by atoms with van der Waals surface area (Å²) in [4.78, 5) is 5.01. The minimum absolute atomic E-state index is 0.149. The van der Waals surface area contributed by atoms with Crippen LogP contribution in [0.1, 0.15) is 22.3 Å². The lowest BCUT2D eigenvalue weighted by Gasteiger charge is -2.43. The third kappa shape index (κ3) is 2.54. The predicted molar refractivity (Wildman–Crippen MR) is 139 cm³/mol. The van der Waals surface area contributed by atoms with E-state index in [1.54, 1.807) is 0 Å². The van der Waals surface area contributed by atoms with Gasteiger partial charge in [0.25, 0.3) is 0 Å². The number of aryl methyl sites for hydroxylation is 4. The summed E-state index contributed by atoms with van der Waals surface area (Å²) < 4.78 is 0. The fraction of sp³-hybridized carbons (Fsp3) is 0.172. The molecule has 6 rings (SSSR count). The zero-order valence-corrected chi connectivity index (χ0v) is 19.4. The van der Waals surface area contributed by atoms with Crippen LogP contribution in [0.4, 0.5) is 22.7 Å². The Labute approximate surface area is 191 Å². The first-order valence-electron chi connectivity index (χ1n) is 11.4. The zero-order chi connectivity index (χ0) is 22.1. The van der Waals surface area contributed by atoms with Crippen molar-refractivity contribution in [1.29, 1.82) is 0 Å². The molecule has 0 aromatic heterocycles. The topological polar surface area (TPSA) is 6.48 Å². The molecule has 0 spiro atoms. The van der Waals surface area contributed by atoms with E-state index >= 15 is 0 Å². The quantitative estimate of drug-likeness (QED) is 0.357. The Morgan fingerprint density at radius 3 is 1.50 bits per heavy atom. The second-order valence-electron chi connectivity index (χ2n) is 9.41. The van der Waals surface area contributed by atoms with Gasteiger partial charge in [0.1, 0.15) is 0 Å². The highest BCUT2D eigenvalue weighted by atomic mass is 15.2. The molecule has 0 fully saturated rings. The average molecular weight is 414 g/mol. The molecule has 4 aromatic rings. The molecule has 0 unspecified atom stereocenters. The van der Waals surface area contributed by atoms with E-state index < -0.39 is 0 Å². The van der Waals surface area contributed by atoms with Crippen molar-refractivity contribution in [1.82, 2.24) is 0 Å². The van der Waals surface area contributed by atoms with E-state index in [-0.39, 0.29) is 6.85 Å². The second-order valence-corrected chi connectivity index (χ2v) is 9.41. The third-order valence-corrected chi connectivity index (χ3v) is 7.11. The Hall–Kier alpha value is -3.46. The molecule has 0 saturated heterocycles. The zero-order valence-electron chi connectivity index (χ0n) is 19.4. The van der Waals surface area contributed by atoms with E-state index in [1.807, 2.05) is 0 Å². The minimum Gasteiger partial charge on any atom is -0.373 e. The molecule has 0 N–H and O–H groups in total. The summed E-state index contributed by atoms with van der Waals surface area (Å²) in [6.45, 7) is 9.06. The van der Waals surface area contributed by atoms with E-state index in [9.17, 15) is 0 Å². The number of rotatable bonds is 1. The van der Waals surface area contributed by atoms with Gasteiger partial charge in [0, 0.05) is 7.05 Å². The van der Waals surface area contributed by atoms with E-state index in [4.69, 9.17) is 0 Å². The van der Waals surface area contributed by atoms with Crippen molar-refractivity contribution in [2.75, 3.05) is 16.8 Å². The molecule has 2 aliphatic rings. The van der Waals surface area contributed by atoms with Crippen molar-refractivity contribution in [2.45, 2.75) is 27.7 Å². The van der Waals surface area contributed by atoms with Crippen LogP contribution in [0.15, 0.2) is 72.8 Å². The molecule has 0 aliphatic carbocycles. The molecular weight excluding hydrogens is 387 g/mol. The van der Waals surface area contributed by atoms with Crippen molar-refractivity contribution in [3.63, 3.8) is 0 Å². The first kappa shape index (κ1) is 19.2. The van der Waals surface area contributed by atoms with Gasteiger partial charge in [-0.3, -0.25) is 0 Å². The third-order valence-electron chi connectivity index (χ3n) is 7.11. The number of fused-ring (bicyclic) bond motifs is 5. The molecular formula is C29H27BN2. The molecule has 2 aliphatic heterocycles. The number of nitrogens with zero attached hydrogens (tertiary/aromatic N) is 2. The molecule has 0 bridgehead atoms. The van der Waals surface area contributed by atoms with Crippen molar-refractivity contribution >= 4 is 40.5 Å². The fourth-order valence-corrected chi connectivity index (χ4v) is 5.92. The number of hydrogen-bond donors (Lipinski definition) is 0. The molecule has 3 heteroatoms. The highest BCUT2D eigenvalue weighted by Crippen LogP contribution is 2.51. The van der Waals surface area contributed by atoms with Gasteiger partial charge in [-0.1, -0.05) is 60.7 Å². The highest BCUT2D eigenvalue weighted by molar-refractivity contribution is 6.93. The highest BCUT2D eigenvalue weighted by Gasteiger charge is 2.42. The first-order chi connectivity index (χ1) is 15.5. The fourth-order valence-electron chi connectivity index (χ4n) is 5.92. The van der Waals surface area contributed by atoms with Crippen molar-refractivity contribution < 1.29 is 0 Å². The van der Waals surface area contributed by atoms with Crippen LogP contribution in [-0.4, -0.2) is 13.9 Å². The van der Waals surface area contributed by atoms with Crippen molar-refractivity contribution in [3.8, 4) is 11.1 Å². The van der Waals surface area contributed by atoms with Crippen LogP contribution >= 0.6 is 0 Å². The Kier molecular flexibility index (Phi) is 4.07. The van der Waals surface area contributed by atoms with Gasteiger partial charge in [-0.05, 0) is 84.1 Å². The van der Waals surface area contributed by atoms with Gasteiger partial charge in [-0.2, -0.15) is 0 Å². The van der Waals surface area contributed by atoms with Crippen molar-refractivity contribution in [2.24, 2.45) is 0 Å². The Morgan fingerprint density at radius 1 is 0.594 bits per heavy atom. The van der Waals surface area contributed by atoms with E-state index in [1.165, 1.54) is 67.1 Å². The summed E-state index contributed by atoms with van der Waals surface area (Å²) in [5.41, 5.74) is 15.9. The number of hydrogen-bond acceptors (Lipinski definition) is 2. The molecule has 2 nitrogen and oxygen atoms in total. The van der Waals surface area contributed by atoms with Crippen LogP contribution < -0.4 is 20.6 Å². The molecule has 0 amide bonds. The van der Waals surface area contributed by atoms with Crippen LogP contribution in [0, 0.1) is 27.7 Å². The standard InChI is InChI=1S/C29H27BN2/c1-18-14-20(3)28-26(16-18)31(5)27-17-19(2)15-21(4)29(27)32(28)30-24-12-8-6-10-22(24)23-11-7-9-13-25(23)30/h6-17H,1-5H3. The summed E-state index contributed by atoms with van der Waals surface area (Å²) in [5.74, 6) is 0. The maximum absolute atomic E-state index is 2.62. The van der Waals surface area contributed by atoms with Gasteiger partial charge in [-0.15, -0.1) is 0 Å². The molecule has 0 atom stereocenters. The smallest absolute Gasteiger partial charge is 0.329 e. The van der Waals surface area contributed by atoms with Gasteiger partial charge in [-0.25, -0.2) is 0 Å². The summed E-state index contributed by atoms with van der Waals surface area (Å²) in [7, 11) is 2.21. The predicted octanol–water partition coefficient (Wildman–Crippen LogP) is 5.93. The van der Waals surface area contributed by atoms with Gasteiger partial charge >= 0.3 is 6.85 Å². The summed E-state index contributed by atoms with van der Waals surface area (Å²) in [6, 6.07) is 27.2. The molecule has 32 heavy (non-hydrogen) atoms. The maximum Gasteiger partial charge on any atom is 0.329 e. The second kappa shape index (κ2) is 6.77. The number of benzene rings is 4. The van der Waals surface area contributed by atoms with Gasteiger partial charge in [0.15, 0.2) is 0 Å². The Bertz CT molecular complexity index is 1300. The lowest BCUT2D eigenvalue weighted by molar-refractivity contribution is 1.12. The summed E-state index contributed by atoms with van der Waals surface area (Å²) >= 11 is 0. The maximum atomic E-state index is 2.62. The molecule has 0 saturated carbocycles. The lowest BCUT2D eigenvalue weighted by Crippen LogP contribution is -2.54. The van der Waals surface area contributed by atoms with Crippen LogP contribution in [-0.2, 0) is 0 Å². The van der Waals surface area contributed by atoms with E-state index in [0.29, 0.717) is 0 Å². The van der Waals surface area contributed by atoms with Crippen LogP contribution in [0.2, 0.25) is 0 Å². The van der Waals surface area contributed by atoms with E-state index in [0.717, 1.165) is 0 Å². The molecule has 2 heterocycles. The first-order valence-corrected chi connectivity index (χ1v) is 11.4. The largest absolute Gasteiger partial charge is 0.373 e. The Balaban J connectivity index is 1.73. The minimum atomic E-state index is 0.149. The molecule has 156 valence electrons. The lowest BCUT2D eigenvalue weighted by atomic mass is 9.51. The molecule has 0 radical (unpaired) electrons.